The summed E-state index contributed by atoms with van der Waals surface area (Å²) in [5.41, 5.74) is 0. The van der Waals surface area contributed by atoms with Gasteiger partial charge in [-0.05, 0) is 0 Å². The molecule has 0 bridgehead atoms. The van der Waals surface area contributed by atoms with Crippen LogP contribution in [0.2, 0.25) is 5.32 Å². The molecule has 0 saturated carbocycles. The van der Waals surface area contributed by atoms with Gasteiger partial charge in [-0.15, -0.1) is 0 Å². The fraction of sp³-hybridized carbons (Fsp3) is 0.800. The van der Waals surface area contributed by atoms with Crippen molar-refractivity contribution in [2.45, 2.75) is 24.6 Å². The molecule has 0 aromatic carbocycles. The minimum Gasteiger partial charge on any atom is 0 e. The van der Waals surface area contributed by atoms with Crippen molar-refractivity contribution in [2.24, 2.45) is 0 Å². The first-order chi connectivity index (χ1) is 3.91. The first-order valence-corrected chi connectivity index (χ1v) is 3.53. The first kappa shape index (κ1) is 12.3. The second-order valence-electron chi connectivity index (χ2n) is 1.40. The Kier molecular flexibility index (Phi) is 15.5. The molecule has 0 amide bonds. The van der Waals surface area contributed by atoms with E-state index in [4.69, 9.17) is 0 Å². The second-order valence-corrected chi connectivity index (χ2v) is 2.14. The molecule has 0 aliphatic rings. The van der Waals surface area contributed by atoms with E-state index in [1.165, 1.54) is 0 Å². The van der Waals surface area contributed by atoms with Crippen LogP contribution in [0, 0.1) is 0 Å². The second kappa shape index (κ2) is 11.4. The summed E-state index contributed by atoms with van der Waals surface area (Å²) < 4.78 is 9.71. The summed E-state index contributed by atoms with van der Waals surface area (Å²) in [4.78, 5) is 9.68. The zero-order chi connectivity index (χ0) is 6.24. The maximum absolute atomic E-state index is 9.71. The van der Waals surface area contributed by atoms with E-state index >= 15 is 0 Å². The molecule has 0 rings (SSSR count). The molecular weight excluding hydrogens is 207 g/mol. The Morgan fingerprint density at radius 2 is 2.00 bits per heavy atom. The van der Waals surface area contributed by atoms with Crippen molar-refractivity contribution in [2.75, 3.05) is 0 Å². The Morgan fingerprint density at radius 1 is 1.33 bits per heavy atom. The van der Waals surface area contributed by atoms with Crippen LogP contribution in [0.25, 0.3) is 0 Å². The summed E-state index contributed by atoms with van der Waals surface area (Å²) in [6, 6.07) is 0. The number of rotatable bonds is 5. The van der Waals surface area contributed by atoms with Gasteiger partial charge in [0.25, 0.3) is 0 Å². The van der Waals surface area contributed by atoms with Crippen molar-refractivity contribution in [3.63, 3.8) is 0 Å². The van der Waals surface area contributed by atoms with E-state index < -0.39 is 0 Å². The normalized spacial score (nSPS) is 8.44. The molecule has 0 fully saturated rings. The fourth-order valence-corrected chi connectivity index (χ4v) is 0.718. The van der Waals surface area contributed by atoms with Crippen LogP contribution in [0.4, 0.5) is 0 Å². The van der Waals surface area contributed by atoms with E-state index in [0.29, 0.717) is 26.6 Å². The van der Waals surface area contributed by atoms with Gasteiger partial charge in [0.05, 0.1) is 0 Å². The Labute approximate surface area is 73.0 Å². The SMILES string of the molecule is O=CCCC[CH2][Cu]=[O].[V]. The van der Waals surface area contributed by atoms with Crippen LogP contribution < -0.4 is 0 Å². The van der Waals surface area contributed by atoms with Gasteiger partial charge in [0.2, 0.25) is 0 Å². The van der Waals surface area contributed by atoms with Gasteiger partial charge in [-0.3, -0.25) is 0 Å². The van der Waals surface area contributed by atoms with E-state index in [-0.39, 0.29) is 18.6 Å². The number of unbranched alkanes of at least 4 members (excludes halogenated alkanes) is 2. The van der Waals surface area contributed by atoms with Gasteiger partial charge in [-0.1, -0.05) is 0 Å². The number of carbonyl (C=O) groups is 1. The van der Waals surface area contributed by atoms with Crippen LogP contribution in [-0.4, -0.2) is 6.29 Å². The van der Waals surface area contributed by atoms with Crippen molar-refractivity contribution < 1.29 is 42.1 Å². The molecule has 0 atom stereocenters. The molecule has 0 aliphatic heterocycles. The van der Waals surface area contributed by atoms with Crippen molar-refractivity contribution in [1.29, 1.82) is 0 Å². The molecule has 0 heterocycles. The van der Waals surface area contributed by atoms with E-state index in [0.717, 1.165) is 19.1 Å². The molecule has 57 valence electrons. The molecule has 0 unspecified atom stereocenters. The van der Waals surface area contributed by atoms with Gasteiger partial charge >= 0.3 is 54.4 Å². The van der Waals surface area contributed by atoms with Crippen molar-refractivity contribution in [3.8, 4) is 0 Å². The molecule has 4 heteroatoms. The molecule has 0 aromatic heterocycles. The molecular formula is C5H9CuO2V. The Hall–Kier alpha value is 0.574. The summed E-state index contributed by atoms with van der Waals surface area (Å²) in [5, 5.41) is 0.622. The van der Waals surface area contributed by atoms with E-state index in [1.54, 1.807) is 0 Å². The van der Waals surface area contributed by atoms with Crippen LogP contribution in [0.5, 0.6) is 0 Å². The van der Waals surface area contributed by atoms with Gasteiger partial charge in [-0.25, -0.2) is 0 Å². The number of hydrogen-bond acceptors (Lipinski definition) is 2. The number of hydrogen-bond donors (Lipinski definition) is 0. The van der Waals surface area contributed by atoms with Gasteiger partial charge in [0.1, 0.15) is 0 Å². The van der Waals surface area contributed by atoms with Crippen molar-refractivity contribution in [3.05, 3.63) is 0 Å². The molecule has 0 saturated heterocycles. The van der Waals surface area contributed by atoms with Crippen LogP contribution in [-0.2, 0) is 42.1 Å². The Morgan fingerprint density at radius 3 is 2.44 bits per heavy atom. The number of aldehydes is 1. The minimum atomic E-state index is 0. The topological polar surface area (TPSA) is 34.1 Å². The van der Waals surface area contributed by atoms with E-state index in [1.807, 2.05) is 0 Å². The first-order valence-electron chi connectivity index (χ1n) is 2.48. The average Bonchev–Trinajstić information content (AvgIpc) is 1.81. The fourth-order valence-electron chi connectivity index (χ4n) is 0.347. The molecule has 0 N–H and O–H groups in total. The zero-order valence-electron chi connectivity index (χ0n) is 4.97. The van der Waals surface area contributed by atoms with Crippen molar-refractivity contribution >= 4 is 6.29 Å². The largest absolute Gasteiger partial charge is 0 e. The van der Waals surface area contributed by atoms with Crippen molar-refractivity contribution in [1.82, 2.24) is 0 Å². The average molecular weight is 216 g/mol. The minimum absolute atomic E-state index is 0. The molecule has 9 heavy (non-hydrogen) atoms. The maximum atomic E-state index is 9.71. The smallest absolute Gasteiger partial charge is 0 e. The molecule has 0 spiro atoms. The Balaban J connectivity index is 0. The predicted molar refractivity (Wildman–Crippen MR) is 25.4 cm³/mol. The summed E-state index contributed by atoms with van der Waals surface area (Å²) >= 11 is 0.660. The molecule has 0 aromatic rings. The van der Waals surface area contributed by atoms with Crippen LogP contribution in [0.15, 0.2) is 0 Å². The molecule has 1 radical (unpaired) electrons. The number of carbonyl (C=O) groups excluding carboxylic acids is 1. The van der Waals surface area contributed by atoms with E-state index in [9.17, 15) is 8.63 Å². The third kappa shape index (κ3) is 11.9. The molecule has 0 aliphatic carbocycles. The zero-order valence-corrected chi connectivity index (χ0v) is 7.31. The van der Waals surface area contributed by atoms with E-state index in [2.05, 4.69) is 0 Å². The van der Waals surface area contributed by atoms with Gasteiger partial charge in [0.15, 0.2) is 0 Å². The summed E-state index contributed by atoms with van der Waals surface area (Å²) in [6.07, 6.45) is 3.20. The van der Waals surface area contributed by atoms with Crippen LogP contribution in [0.1, 0.15) is 19.3 Å². The monoisotopic (exact) mass is 215 g/mol. The third-order valence-corrected chi connectivity index (χ3v) is 1.27. The Bertz CT molecular complexity index is 67.4. The maximum Gasteiger partial charge on any atom is 0 e. The van der Waals surface area contributed by atoms with Gasteiger partial charge < -0.3 is 0 Å². The third-order valence-electron chi connectivity index (χ3n) is 0.740. The standard InChI is InChI=1S/C5H9O.Cu.O.V/c1-2-3-4-5-6;;;/h5H,1-4H2;;;. The van der Waals surface area contributed by atoms with Crippen LogP contribution in [0.3, 0.4) is 0 Å². The van der Waals surface area contributed by atoms with Gasteiger partial charge in [0, 0.05) is 18.6 Å². The summed E-state index contributed by atoms with van der Waals surface area (Å²) in [5.74, 6) is 0. The quantitative estimate of drug-likeness (QED) is 0.392. The van der Waals surface area contributed by atoms with Gasteiger partial charge in [-0.2, -0.15) is 0 Å². The van der Waals surface area contributed by atoms with Crippen LogP contribution >= 0.6 is 0 Å². The predicted octanol–water partition coefficient (Wildman–Crippen LogP) is 1.20. The summed E-state index contributed by atoms with van der Waals surface area (Å²) in [6.45, 7) is 0. The summed E-state index contributed by atoms with van der Waals surface area (Å²) in [7, 11) is 0. The molecule has 2 nitrogen and oxygen atoms in total.